The fourth-order valence-electron chi connectivity index (χ4n) is 6.33. The van der Waals surface area contributed by atoms with Crippen LogP contribution >= 0.6 is 0 Å². The number of nitrogens with zero attached hydrogens (tertiary/aromatic N) is 2. The number of alkyl halides is 4. The molecule has 38 heavy (non-hydrogen) atoms. The third-order valence-corrected chi connectivity index (χ3v) is 7.98. The molecule has 2 N–H and O–H groups in total. The number of oxazole rings is 1. The highest BCUT2D eigenvalue weighted by molar-refractivity contribution is 5.78. The predicted octanol–water partition coefficient (Wildman–Crippen LogP) is 4.28. The SMILES string of the molecule is COC1=CC(NC2CN(CCCF)C2)=CC(C)C1[C@@H]1c2ccc3[nH]c(=O)oc3c2C[C@@H](C)N1CC(F)(F)F. The van der Waals surface area contributed by atoms with Crippen LogP contribution in [0.4, 0.5) is 17.6 Å². The second-order valence-electron chi connectivity index (χ2n) is 10.7. The Morgan fingerprint density at radius 3 is 2.68 bits per heavy atom. The third-order valence-electron chi connectivity index (χ3n) is 7.98. The van der Waals surface area contributed by atoms with Gasteiger partial charge in [0, 0.05) is 48.9 Å². The van der Waals surface area contributed by atoms with E-state index in [-0.39, 0.29) is 24.6 Å². The zero-order chi connectivity index (χ0) is 27.2. The summed E-state index contributed by atoms with van der Waals surface area (Å²) in [5, 5.41) is 3.51. The predicted molar refractivity (Wildman–Crippen MR) is 135 cm³/mol. The number of H-pyrrole nitrogens is 1. The van der Waals surface area contributed by atoms with Gasteiger partial charge in [-0.05, 0) is 43.4 Å². The van der Waals surface area contributed by atoms with Crippen LogP contribution in [0.1, 0.15) is 37.4 Å². The molecule has 11 heteroatoms. The van der Waals surface area contributed by atoms with Crippen molar-refractivity contribution in [1.29, 1.82) is 0 Å². The first-order chi connectivity index (χ1) is 18.1. The van der Waals surface area contributed by atoms with Gasteiger partial charge in [0.2, 0.25) is 0 Å². The van der Waals surface area contributed by atoms with E-state index >= 15 is 0 Å². The molecule has 1 saturated heterocycles. The van der Waals surface area contributed by atoms with E-state index in [0.29, 0.717) is 29.7 Å². The number of rotatable bonds is 8. The highest BCUT2D eigenvalue weighted by atomic mass is 19.4. The number of methoxy groups -OCH3 is 1. The Morgan fingerprint density at radius 2 is 2.00 bits per heavy atom. The van der Waals surface area contributed by atoms with Gasteiger partial charge in [-0.15, -0.1) is 0 Å². The molecule has 3 aliphatic rings. The molecular weight excluding hydrogens is 504 g/mol. The average molecular weight is 539 g/mol. The fourth-order valence-corrected chi connectivity index (χ4v) is 6.33. The molecule has 1 aromatic carbocycles. The van der Waals surface area contributed by atoms with E-state index in [2.05, 4.69) is 21.3 Å². The minimum absolute atomic E-state index is 0.145. The number of hydrogen-bond acceptors (Lipinski definition) is 6. The number of allylic oxidation sites excluding steroid dienone is 2. The maximum Gasteiger partial charge on any atom is 0.417 e. The lowest BCUT2D eigenvalue weighted by Crippen LogP contribution is -2.57. The Labute approximate surface area is 218 Å². The van der Waals surface area contributed by atoms with Gasteiger partial charge in [-0.25, -0.2) is 4.79 Å². The van der Waals surface area contributed by atoms with Crippen LogP contribution in [-0.2, 0) is 11.2 Å². The van der Waals surface area contributed by atoms with Crippen LogP contribution in [-0.4, -0.2) is 73.0 Å². The molecule has 1 fully saturated rings. The van der Waals surface area contributed by atoms with Gasteiger partial charge in [0.05, 0.1) is 31.9 Å². The molecule has 7 nitrogen and oxygen atoms in total. The fraction of sp³-hybridized carbons (Fsp3) is 0.593. The zero-order valence-electron chi connectivity index (χ0n) is 21.8. The number of fused-ring (bicyclic) bond motifs is 3. The minimum Gasteiger partial charge on any atom is -0.501 e. The van der Waals surface area contributed by atoms with E-state index in [1.807, 2.05) is 13.0 Å². The number of aromatic amines is 1. The van der Waals surface area contributed by atoms with Gasteiger partial charge in [-0.3, -0.25) is 19.2 Å². The number of hydrogen-bond donors (Lipinski definition) is 2. The van der Waals surface area contributed by atoms with Gasteiger partial charge in [0.25, 0.3) is 0 Å². The largest absolute Gasteiger partial charge is 0.501 e. The van der Waals surface area contributed by atoms with Crippen LogP contribution in [0.15, 0.2) is 45.0 Å². The summed E-state index contributed by atoms with van der Waals surface area (Å²) in [6.07, 6.45) is 0.405. The lowest BCUT2D eigenvalue weighted by atomic mass is 9.74. The van der Waals surface area contributed by atoms with Crippen molar-refractivity contribution in [2.75, 3.05) is 40.0 Å². The molecular formula is C27H34F4N4O3. The molecule has 2 aromatic rings. The zero-order valence-corrected chi connectivity index (χ0v) is 21.8. The number of benzene rings is 1. The molecule has 3 heterocycles. The van der Waals surface area contributed by atoms with Gasteiger partial charge < -0.3 is 14.5 Å². The van der Waals surface area contributed by atoms with Gasteiger partial charge in [0.1, 0.15) is 5.76 Å². The van der Waals surface area contributed by atoms with Crippen molar-refractivity contribution < 1.29 is 26.7 Å². The molecule has 2 unspecified atom stereocenters. The second kappa shape index (κ2) is 10.4. The van der Waals surface area contributed by atoms with Crippen LogP contribution in [0.5, 0.6) is 0 Å². The standard InChI is InChI=1S/C27H34F4N4O3/c1-15-9-17(32-18-12-34(13-18)8-4-7-28)11-22(37-3)23(15)24-19-5-6-21-25(38-26(36)33-21)20(19)10-16(2)35(24)14-27(29,30)31/h5-6,9,11,15-16,18,23-24,32H,4,7-8,10,12-14H2,1-3H3,(H,33,36)/t15?,16-,23?,24+/m1/s1. The third kappa shape index (κ3) is 5.22. The molecule has 0 amide bonds. The van der Waals surface area contributed by atoms with Gasteiger partial charge in [0.15, 0.2) is 5.58 Å². The molecule has 0 saturated carbocycles. The Morgan fingerprint density at radius 1 is 1.24 bits per heavy atom. The van der Waals surface area contributed by atoms with Crippen molar-refractivity contribution in [2.24, 2.45) is 11.8 Å². The van der Waals surface area contributed by atoms with E-state index in [1.54, 1.807) is 26.2 Å². The number of likely N-dealkylation sites (tertiary alicyclic amines) is 1. The lowest BCUT2D eigenvalue weighted by molar-refractivity contribution is -0.161. The molecule has 0 radical (unpaired) electrons. The molecule has 0 bridgehead atoms. The van der Waals surface area contributed by atoms with Gasteiger partial charge >= 0.3 is 11.9 Å². The van der Waals surface area contributed by atoms with Gasteiger partial charge in [-0.1, -0.05) is 19.1 Å². The Hall–Kier alpha value is -2.79. The number of aromatic nitrogens is 1. The Balaban J connectivity index is 1.47. The molecule has 0 spiro atoms. The Bertz CT molecular complexity index is 1280. The topological polar surface area (TPSA) is 73.7 Å². The molecule has 5 rings (SSSR count). The molecule has 1 aliphatic carbocycles. The van der Waals surface area contributed by atoms with Crippen molar-refractivity contribution in [3.05, 3.63) is 57.4 Å². The van der Waals surface area contributed by atoms with Crippen LogP contribution in [0.25, 0.3) is 11.1 Å². The summed E-state index contributed by atoms with van der Waals surface area (Å²) in [6.45, 7) is 4.75. The van der Waals surface area contributed by atoms with Crippen molar-refractivity contribution >= 4 is 11.1 Å². The summed E-state index contributed by atoms with van der Waals surface area (Å²) >= 11 is 0. The van der Waals surface area contributed by atoms with Crippen LogP contribution < -0.4 is 11.1 Å². The summed E-state index contributed by atoms with van der Waals surface area (Å²) in [5.41, 5.74) is 3.29. The maximum absolute atomic E-state index is 13.8. The van der Waals surface area contributed by atoms with Crippen LogP contribution in [0.3, 0.4) is 0 Å². The van der Waals surface area contributed by atoms with E-state index < -0.39 is 30.6 Å². The maximum atomic E-state index is 13.8. The van der Waals surface area contributed by atoms with Gasteiger partial charge in [-0.2, -0.15) is 13.2 Å². The van der Waals surface area contributed by atoms with E-state index in [4.69, 9.17) is 9.15 Å². The van der Waals surface area contributed by atoms with Crippen molar-refractivity contribution in [1.82, 2.24) is 20.1 Å². The van der Waals surface area contributed by atoms with E-state index in [1.165, 1.54) is 4.90 Å². The van der Waals surface area contributed by atoms with Crippen LogP contribution in [0.2, 0.25) is 0 Å². The normalized spacial score (nSPS) is 27.0. The molecule has 2 aliphatic heterocycles. The van der Waals surface area contributed by atoms with E-state index in [0.717, 1.165) is 36.5 Å². The Kier molecular flexibility index (Phi) is 7.34. The van der Waals surface area contributed by atoms with E-state index in [9.17, 15) is 22.4 Å². The number of ether oxygens (including phenoxy) is 1. The lowest BCUT2D eigenvalue weighted by Gasteiger charge is -2.48. The first-order valence-corrected chi connectivity index (χ1v) is 13.1. The number of nitrogens with one attached hydrogen (secondary N) is 2. The highest BCUT2D eigenvalue weighted by Crippen LogP contribution is 2.48. The summed E-state index contributed by atoms with van der Waals surface area (Å²) in [6, 6.07) is 2.64. The monoisotopic (exact) mass is 538 g/mol. The minimum atomic E-state index is -4.38. The number of halogens is 4. The highest BCUT2D eigenvalue weighted by Gasteiger charge is 2.47. The second-order valence-corrected chi connectivity index (χ2v) is 10.7. The summed E-state index contributed by atoms with van der Waals surface area (Å²) < 4.78 is 65.2. The molecule has 1 aromatic heterocycles. The average Bonchev–Trinajstić information content (AvgIpc) is 3.21. The van der Waals surface area contributed by atoms with Crippen LogP contribution in [0, 0.1) is 11.8 Å². The molecule has 4 atom stereocenters. The van der Waals surface area contributed by atoms with Crippen molar-refractivity contribution in [3.63, 3.8) is 0 Å². The summed E-state index contributed by atoms with van der Waals surface area (Å²) in [4.78, 5) is 18.3. The first-order valence-electron chi connectivity index (χ1n) is 13.1. The smallest absolute Gasteiger partial charge is 0.417 e. The quantitative estimate of drug-likeness (QED) is 0.489. The molecule has 208 valence electrons. The van der Waals surface area contributed by atoms with Crippen molar-refractivity contribution in [3.8, 4) is 0 Å². The first kappa shape index (κ1) is 26.8. The summed E-state index contributed by atoms with van der Waals surface area (Å²) in [7, 11) is 1.55. The van der Waals surface area contributed by atoms with Crippen molar-refractivity contribution in [2.45, 2.75) is 51.0 Å². The summed E-state index contributed by atoms with van der Waals surface area (Å²) in [5.74, 6) is -0.520.